The van der Waals surface area contributed by atoms with Crippen molar-refractivity contribution in [2.45, 2.75) is 12.8 Å². The molecule has 26 heavy (non-hydrogen) atoms. The first-order chi connectivity index (χ1) is 12.6. The van der Waals surface area contributed by atoms with E-state index in [4.69, 9.17) is 4.74 Å². The molecule has 2 heterocycles. The minimum absolute atomic E-state index is 0.0374. The highest BCUT2D eigenvalue weighted by Crippen LogP contribution is 2.39. The average Bonchev–Trinajstić information content (AvgIpc) is 3.31. The van der Waals surface area contributed by atoms with Crippen molar-refractivity contribution in [1.82, 2.24) is 4.90 Å². The highest BCUT2D eigenvalue weighted by atomic mass is 16.5. The van der Waals surface area contributed by atoms with Crippen LogP contribution >= 0.6 is 0 Å². The normalized spacial score (nSPS) is 22.1. The smallest absolute Gasteiger partial charge is 0.336 e. The molecule has 1 unspecified atom stereocenters. The van der Waals surface area contributed by atoms with Crippen molar-refractivity contribution in [2.24, 2.45) is 5.41 Å². The molecule has 2 fully saturated rings. The largest absolute Gasteiger partial charge is 0.478 e. The molecular weight excluding hydrogens is 330 g/mol. The number of nitrogens with zero attached hydrogens (tertiary/aromatic N) is 1. The molecule has 2 aromatic carbocycles. The van der Waals surface area contributed by atoms with Crippen LogP contribution in [0.25, 0.3) is 11.1 Å². The molecule has 0 bridgehead atoms. The zero-order chi connectivity index (χ0) is 18.1. The maximum Gasteiger partial charge on any atom is 0.336 e. The van der Waals surface area contributed by atoms with Gasteiger partial charge in [0, 0.05) is 30.7 Å². The molecule has 0 radical (unpaired) electrons. The lowest BCUT2D eigenvalue weighted by Gasteiger charge is -2.23. The predicted molar refractivity (Wildman–Crippen MR) is 97.2 cm³/mol. The number of carboxylic acid groups (broad SMARTS) is 1. The number of benzene rings is 2. The summed E-state index contributed by atoms with van der Waals surface area (Å²) in [5.74, 6) is -1.03. The van der Waals surface area contributed by atoms with Gasteiger partial charge < -0.3 is 14.7 Å². The molecule has 2 aromatic rings. The van der Waals surface area contributed by atoms with Gasteiger partial charge in [0.25, 0.3) is 5.91 Å². The van der Waals surface area contributed by atoms with E-state index in [0.29, 0.717) is 23.2 Å². The van der Waals surface area contributed by atoms with E-state index in [0.717, 1.165) is 32.6 Å². The first-order valence-electron chi connectivity index (χ1n) is 8.88. The Kier molecular flexibility index (Phi) is 4.24. The predicted octanol–water partition coefficient (Wildman–Crippen LogP) is 3.30. The zero-order valence-electron chi connectivity index (χ0n) is 14.5. The quantitative estimate of drug-likeness (QED) is 0.921. The first-order valence-corrected chi connectivity index (χ1v) is 8.88. The number of ether oxygens (including phenoxy) is 1. The second kappa shape index (κ2) is 6.57. The van der Waals surface area contributed by atoms with Crippen molar-refractivity contribution in [3.8, 4) is 11.1 Å². The van der Waals surface area contributed by atoms with Gasteiger partial charge in [0.15, 0.2) is 0 Å². The standard InChI is InChI=1S/C21H21NO4/c23-19(22-11-9-21(13-22)10-12-26-14-21)17-7-3-1-5-15(17)16-6-2-4-8-18(16)20(24)25/h1-8H,9-14H2,(H,24,25). The summed E-state index contributed by atoms with van der Waals surface area (Å²) in [6.07, 6.45) is 1.97. The molecule has 0 aliphatic carbocycles. The molecule has 2 aliphatic rings. The number of amides is 1. The number of rotatable bonds is 3. The molecule has 5 nitrogen and oxygen atoms in total. The van der Waals surface area contributed by atoms with Gasteiger partial charge in [-0.15, -0.1) is 0 Å². The molecule has 1 atom stereocenters. The van der Waals surface area contributed by atoms with Crippen LogP contribution in [0.15, 0.2) is 48.5 Å². The lowest BCUT2D eigenvalue weighted by molar-refractivity contribution is 0.0696. The Labute approximate surface area is 152 Å². The highest BCUT2D eigenvalue weighted by molar-refractivity contribution is 6.04. The summed E-state index contributed by atoms with van der Waals surface area (Å²) in [4.78, 5) is 26.7. The Morgan fingerprint density at radius 1 is 0.962 bits per heavy atom. The minimum atomic E-state index is -0.994. The van der Waals surface area contributed by atoms with E-state index >= 15 is 0 Å². The van der Waals surface area contributed by atoms with Crippen LogP contribution in [0.3, 0.4) is 0 Å². The monoisotopic (exact) mass is 351 g/mol. The third-order valence-corrected chi connectivity index (χ3v) is 5.52. The van der Waals surface area contributed by atoms with Crippen LogP contribution in [0.4, 0.5) is 0 Å². The van der Waals surface area contributed by atoms with Gasteiger partial charge in [-0.05, 0) is 36.1 Å². The highest BCUT2D eigenvalue weighted by Gasteiger charge is 2.43. The fourth-order valence-corrected chi connectivity index (χ4v) is 4.06. The topological polar surface area (TPSA) is 66.8 Å². The molecule has 1 N–H and O–H groups in total. The van der Waals surface area contributed by atoms with Gasteiger partial charge >= 0.3 is 5.97 Å². The van der Waals surface area contributed by atoms with Gasteiger partial charge in [0.1, 0.15) is 0 Å². The summed E-state index contributed by atoms with van der Waals surface area (Å²) < 4.78 is 5.55. The summed E-state index contributed by atoms with van der Waals surface area (Å²) in [6, 6.07) is 14.1. The molecule has 1 spiro atoms. The van der Waals surface area contributed by atoms with Crippen LogP contribution in [-0.4, -0.2) is 48.2 Å². The third-order valence-electron chi connectivity index (χ3n) is 5.52. The van der Waals surface area contributed by atoms with Crippen molar-refractivity contribution < 1.29 is 19.4 Å². The summed E-state index contributed by atoms with van der Waals surface area (Å²) in [5.41, 5.74) is 2.09. The average molecular weight is 351 g/mol. The van der Waals surface area contributed by atoms with Crippen molar-refractivity contribution >= 4 is 11.9 Å². The zero-order valence-corrected chi connectivity index (χ0v) is 14.5. The van der Waals surface area contributed by atoms with Gasteiger partial charge in [-0.25, -0.2) is 4.79 Å². The summed E-state index contributed by atoms with van der Waals surface area (Å²) in [6.45, 7) is 2.92. The second-order valence-electron chi connectivity index (χ2n) is 7.18. The maximum absolute atomic E-state index is 13.2. The number of carbonyl (C=O) groups excluding carboxylic acids is 1. The van der Waals surface area contributed by atoms with Crippen molar-refractivity contribution in [1.29, 1.82) is 0 Å². The van der Waals surface area contributed by atoms with Crippen molar-refractivity contribution in [3.05, 3.63) is 59.7 Å². The van der Waals surface area contributed by atoms with E-state index in [-0.39, 0.29) is 16.9 Å². The van der Waals surface area contributed by atoms with Gasteiger partial charge in [-0.2, -0.15) is 0 Å². The summed E-state index contributed by atoms with van der Waals surface area (Å²) in [5, 5.41) is 9.50. The fourth-order valence-electron chi connectivity index (χ4n) is 4.06. The van der Waals surface area contributed by atoms with Gasteiger partial charge in [0.05, 0.1) is 12.2 Å². The molecule has 0 saturated carbocycles. The van der Waals surface area contributed by atoms with E-state index in [2.05, 4.69) is 0 Å². The Hall–Kier alpha value is -2.66. The number of likely N-dealkylation sites (tertiary alicyclic amines) is 1. The Bertz CT molecular complexity index is 855. The van der Waals surface area contributed by atoms with E-state index < -0.39 is 5.97 Å². The molecule has 5 heteroatoms. The van der Waals surface area contributed by atoms with Crippen LogP contribution in [0, 0.1) is 5.41 Å². The third kappa shape index (κ3) is 2.88. The van der Waals surface area contributed by atoms with E-state index in [1.165, 1.54) is 0 Å². The molecule has 0 aromatic heterocycles. The van der Waals surface area contributed by atoms with E-state index in [9.17, 15) is 14.7 Å². The fraction of sp³-hybridized carbons (Fsp3) is 0.333. The van der Waals surface area contributed by atoms with E-state index in [1.54, 1.807) is 30.3 Å². The molecular formula is C21H21NO4. The van der Waals surface area contributed by atoms with Gasteiger partial charge in [-0.1, -0.05) is 36.4 Å². The number of carboxylic acids is 1. The Morgan fingerprint density at radius 3 is 2.27 bits per heavy atom. The maximum atomic E-state index is 13.2. The number of carbonyl (C=O) groups is 2. The van der Waals surface area contributed by atoms with Gasteiger partial charge in [-0.3, -0.25) is 4.79 Å². The van der Waals surface area contributed by atoms with Crippen LogP contribution < -0.4 is 0 Å². The van der Waals surface area contributed by atoms with Crippen LogP contribution in [-0.2, 0) is 4.74 Å². The Morgan fingerprint density at radius 2 is 1.62 bits per heavy atom. The summed E-state index contributed by atoms with van der Waals surface area (Å²) in [7, 11) is 0. The number of hydrogen-bond donors (Lipinski definition) is 1. The number of hydrogen-bond acceptors (Lipinski definition) is 3. The van der Waals surface area contributed by atoms with Crippen LogP contribution in [0.2, 0.25) is 0 Å². The SMILES string of the molecule is O=C(O)c1ccccc1-c1ccccc1C(=O)N1CCC2(CCOC2)C1. The molecule has 134 valence electrons. The van der Waals surface area contributed by atoms with Crippen molar-refractivity contribution in [2.75, 3.05) is 26.3 Å². The molecule has 1 amide bonds. The summed E-state index contributed by atoms with van der Waals surface area (Å²) >= 11 is 0. The van der Waals surface area contributed by atoms with Crippen molar-refractivity contribution in [3.63, 3.8) is 0 Å². The number of aromatic carboxylic acids is 1. The van der Waals surface area contributed by atoms with Crippen LogP contribution in [0.5, 0.6) is 0 Å². The minimum Gasteiger partial charge on any atom is -0.478 e. The van der Waals surface area contributed by atoms with Gasteiger partial charge in [0.2, 0.25) is 0 Å². The molecule has 2 saturated heterocycles. The first kappa shape index (κ1) is 16.8. The molecule has 2 aliphatic heterocycles. The lowest BCUT2D eigenvalue weighted by Crippen LogP contribution is -2.32. The van der Waals surface area contributed by atoms with Crippen LogP contribution in [0.1, 0.15) is 33.6 Å². The Balaban J connectivity index is 1.69. The molecule has 4 rings (SSSR count). The second-order valence-corrected chi connectivity index (χ2v) is 7.18. The lowest BCUT2D eigenvalue weighted by atomic mass is 9.87. The van der Waals surface area contributed by atoms with E-state index in [1.807, 2.05) is 23.1 Å².